The Balaban J connectivity index is 1.64. The van der Waals surface area contributed by atoms with Crippen molar-refractivity contribution in [3.63, 3.8) is 0 Å². The minimum Gasteiger partial charge on any atom is -0.485 e. The number of carbonyl (C=O) groups is 1. The molecule has 0 aromatic heterocycles. The molecule has 0 saturated heterocycles. The maximum absolute atomic E-state index is 12.3. The first-order valence-corrected chi connectivity index (χ1v) is 7.87. The second-order valence-electron chi connectivity index (χ2n) is 5.15. The number of nitrogens with one attached hydrogen (secondary N) is 1. The van der Waals surface area contributed by atoms with Gasteiger partial charge in [0.2, 0.25) is 6.10 Å². The number of hydrogen-bond donors (Lipinski definition) is 1. The maximum Gasteiger partial charge on any atom is 0.265 e. The summed E-state index contributed by atoms with van der Waals surface area (Å²) in [4.78, 5) is 12.3. The van der Waals surface area contributed by atoms with Crippen LogP contribution in [0.25, 0.3) is 0 Å². The Morgan fingerprint density at radius 1 is 1.18 bits per heavy atom. The number of carbonyl (C=O) groups excluding carboxylic acids is 1. The molecule has 0 spiro atoms. The Morgan fingerprint density at radius 2 is 1.86 bits per heavy atom. The van der Waals surface area contributed by atoms with Crippen LogP contribution < -0.4 is 14.8 Å². The number of hydrogen-bond acceptors (Lipinski definition) is 3. The van der Waals surface area contributed by atoms with Gasteiger partial charge >= 0.3 is 0 Å². The van der Waals surface area contributed by atoms with E-state index in [0.29, 0.717) is 11.5 Å². The number of para-hydroxylation sites is 2. The van der Waals surface area contributed by atoms with Gasteiger partial charge in [-0.2, -0.15) is 0 Å². The van der Waals surface area contributed by atoms with Crippen molar-refractivity contribution in [3.05, 3.63) is 58.6 Å². The smallest absolute Gasteiger partial charge is 0.265 e. The molecule has 1 amide bonds. The zero-order chi connectivity index (χ0) is 15.5. The fourth-order valence-corrected chi connectivity index (χ4v) is 2.55. The average molecular weight is 362 g/mol. The van der Waals surface area contributed by atoms with Crippen LogP contribution in [0.5, 0.6) is 11.5 Å². The van der Waals surface area contributed by atoms with E-state index < -0.39 is 6.10 Å². The molecule has 0 unspecified atom stereocenters. The molecule has 0 bridgehead atoms. The molecule has 1 N–H and O–H groups in total. The van der Waals surface area contributed by atoms with E-state index in [2.05, 4.69) is 21.2 Å². The summed E-state index contributed by atoms with van der Waals surface area (Å²) in [7, 11) is 0. The van der Waals surface area contributed by atoms with Gasteiger partial charge in [0.25, 0.3) is 5.91 Å². The van der Waals surface area contributed by atoms with E-state index in [0.717, 1.165) is 10.0 Å². The van der Waals surface area contributed by atoms with Gasteiger partial charge < -0.3 is 14.8 Å². The van der Waals surface area contributed by atoms with Crippen molar-refractivity contribution >= 4 is 21.8 Å². The van der Waals surface area contributed by atoms with Crippen molar-refractivity contribution in [2.24, 2.45) is 0 Å². The highest BCUT2D eigenvalue weighted by Crippen LogP contribution is 2.31. The lowest BCUT2D eigenvalue weighted by molar-refractivity contribution is -0.131. The Hall–Kier alpha value is -2.01. The summed E-state index contributed by atoms with van der Waals surface area (Å²) in [6, 6.07) is 15.1. The third kappa shape index (κ3) is 3.25. The van der Waals surface area contributed by atoms with E-state index in [1.165, 1.54) is 0 Å². The van der Waals surface area contributed by atoms with Crippen LogP contribution in [-0.2, 0) is 4.79 Å². The molecule has 0 saturated carbocycles. The highest BCUT2D eigenvalue weighted by atomic mass is 79.9. The van der Waals surface area contributed by atoms with Crippen molar-refractivity contribution < 1.29 is 14.3 Å². The Labute approximate surface area is 137 Å². The van der Waals surface area contributed by atoms with Gasteiger partial charge in [-0.3, -0.25) is 4.79 Å². The van der Waals surface area contributed by atoms with Crippen LogP contribution in [-0.4, -0.2) is 18.6 Å². The lowest BCUT2D eigenvalue weighted by Gasteiger charge is -2.26. The van der Waals surface area contributed by atoms with Crippen molar-refractivity contribution in [3.8, 4) is 11.5 Å². The first-order chi connectivity index (χ1) is 10.6. The molecule has 4 nitrogen and oxygen atoms in total. The molecule has 1 heterocycles. The fourth-order valence-electron chi connectivity index (χ4n) is 2.29. The Bertz CT molecular complexity index is 672. The van der Waals surface area contributed by atoms with E-state index in [9.17, 15) is 4.79 Å². The Kier molecular flexibility index (Phi) is 4.34. The summed E-state index contributed by atoms with van der Waals surface area (Å²) in [6.07, 6.45) is -0.632. The molecular weight excluding hydrogens is 346 g/mol. The molecule has 0 aliphatic carbocycles. The summed E-state index contributed by atoms with van der Waals surface area (Å²) in [6.45, 7) is 2.16. The van der Waals surface area contributed by atoms with Crippen molar-refractivity contribution in [2.75, 3.05) is 6.61 Å². The van der Waals surface area contributed by atoms with Gasteiger partial charge in [0, 0.05) is 4.47 Å². The summed E-state index contributed by atoms with van der Waals surface area (Å²) < 4.78 is 12.3. The van der Waals surface area contributed by atoms with E-state index in [1.54, 1.807) is 6.07 Å². The predicted octanol–water partition coefficient (Wildman–Crippen LogP) is 3.47. The largest absolute Gasteiger partial charge is 0.485 e. The normalized spacial score (nSPS) is 17.6. The standard InChI is InChI=1S/C17H16BrNO3/c1-11(12-6-8-13(18)9-7-12)19-17(20)16-10-21-14-4-2-3-5-15(14)22-16/h2-9,11,16H,10H2,1H3,(H,19,20)/t11-,16+/m1/s1. The molecule has 2 aromatic rings. The second kappa shape index (κ2) is 6.40. The number of halogens is 1. The maximum atomic E-state index is 12.3. The Morgan fingerprint density at radius 3 is 2.59 bits per heavy atom. The molecule has 5 heteroatoms. The molecule has 2 atom stereocenters. The zero-order valence-electron chi connectivity index (χ0n) is 12.1. The SMILES string of the molecule is C[C@@H](NC(=O)[C@@H]1COc2ccccc2O1)c1ccc(Br)cc1. The minimum absolute atomic E-state index is 0.0960. The van der Waals surface area contributed by atoms with E-state index >= 15 is 0 Å². The third-order valence-corrected chi connectivity index (χ3v) is 4.06. The molecule has 1 aliphatic rings. The predicted molar refractivity (Wildman–Crippen MR) is 87.1 cm³/mol. The molecule has 0 fully saturated rings. The molecule has 3 rings (SSSR count). The average Bonchev–Trinajstić information content (AvgIpc) is 2.55. The number of benzene rings is 2. The van der Waals surface area contributed by atoms with Gasteiger partial charge in [-0.1, -0.05) is 40.2 Å². The quantitative estimate of drug-likeness (QED) is 0.910. The topological polar surface area (TPSA) is 47.6 Å². The minimum atomic E-state index is -0.632. The van der Waals surface area contributed by atoms with Crippen LogP contribution in [0.1, 0.15) is 18.5 Å². The third-order valence-electron chi connectivity index (χ3n) is 3.53. The van der Waals surface area contributed by atoms with Gasteiger partial charge in [-0.15, -0.1) is 0 Å². The summed E-state index contributed by atoms with van der Waals surface area (Å²) in [5.41, 5.74) is 1.04. The van der Waals surface area contributed by atoms with Crippen molar-refractivity contribution in [1.82, 2.24) is 5.32 Å². The molecule has 2 aromatic carbocycles. The van der Waals surface area contributed by atoms with Crippen LogP contribution in [0.15, 0.2) is 53.0 Å². The second-order valence-corrected chi connectivity index (χ2v) is 6.06. The van der Waals surface area contributed by atoms with Gasteiger partial charge in [0.15, 0.2) is 11.5 Å². The first-order valence-electron chi connectivity index (χ1n) is 7.08. The van der Waals surface area contributed by atoms with Crippen LogP contribution in [0.2, 0.25) is 0 Å². The first kappa shape index (κ1) is 14.9. The van der Waals surface area contributed by atoms with Gasteiger partial charge in [0.05, 0.1) is 6.04 Å². The molecule has 22 heavy (non-hydrogen) atoms. The molecule has 114 valence electrons. The van der Waals surface area contributed by atoms with Gasteiger partial charge in [-0.05, 0) is 36.8 Å². The van der Waals surface area contributed by atoms with Gasteiger partial charge in [0.1, 0.15) is 6.61 Å². The number of amides is 1. The monoisotopic (exact) mass is 361 g/mol. The summed E-state index contributed by atoms with van der Waals surface area (Å²) >= 11 is 3.40. The fraction of sp³-hybridized carbons (Fsp3) is 0.235. The molecule has 1 aliphatic heterocycles. The number of rotatable bonds is 3. The summed E-state index contributed by atoms with van der Waals surface area (Å²) in [5, 5.41) is 2.96. The number of fused-ring (bicyclic) bond motifs is 1. The van der Waals surface area contributed by atoms with Crippen LogP contribution in [0.3, 0.4) is 0 Å². The number of ether oxygens (including phenoxy) is 2. The highest BCUT2D eigenvalue weighted by molar-refractivity contribution is 9.10. The van der Waals surface area contributed by atoms with E-state index in [-0.39, 0.29) is 18.6 Å². The van der Waals surface area contributed by atoms with E-state index in [4.69, 9.17) is 9.47 Å². The van der Waals surface area contributed by atoms with Gasteiger partial charge in [-0.25, -0.2) is 0 Å². The highest BCUT2D eigenvalue weighted by Gasteiger charge is 2.28. The zero-order valence-corrected chi connectivity index (χ0v) is 13.7. The molecular formula is C17H16BrNO3. The van der Waals surface area contributed by atoms with Crippen LogP contribution in [0, 0.1) is 0 Å². The summed E-state index contributed by atoms with van der Waals surface area (Å²) in [5.74, 6) is 1.10. The van der Waals surface area contributed by atoms with Crippen molar-refractivity contribution in [1.29, 1.82) is 0 Å². The van der Waals surface area contributed by atoms with Crippen molar-refractivity contribution in [2.45, 2.75) is 19.1 Å². The lowest BCUT2D eigenvalue weighted by Crippen LogP contribution is -2.44. The molecule has 0 radical (unpaired) electrons. The van der Waals surface area contributed by atoms with Crippen LogP contribution in [0.4, 0.5) is 0 Å². The van der Waals surface area contributed by atoms with E-state index in [1.807, 2.05) is 49.4 Å². The van der Waals surface area contributed by atoms with Crippen LogP contribution >= 0.6 is 15.9 Å². The lowest BCUT2D eigenvalue weighted by atomic mass is 10.1.